The fourth-order valence-electron chi connectivity index (χ4n) is 5.05. The van der Waals surface area contributed by atoms with Gasteiger partial charge in [-0.2, -0.15) is 26.3 Å². The van der Waals surface area contributed by atoms with E-state index < -0.39 is 41.0 Å². The lowest BCUT2D eigenvalue weighted by atomic mass is 9.97. The second-order valence-corrected chi connectivity index (χ2v) is 10.5. The molecule has 0 N–H and O–H groups in total. The third-order valence-electron chi connectivity index (χ3n) is 7.54. The Morgan fingerprint density at radius 3 is 2.02 bits per heavy atom. The zero-order valence-corrected chi connectivity index (χ0v) is 23.0. The molecule has 1 atom stereocenters. The van der Waals surface area contributed by atoms with E-state index in [1.807, 2.05) is 32.0 Å². The Morgan fingerprint density at radius 1 is 0.829 bits per heavy atom. The topological polar surface area (TPSA) is 36.0 Å². The maximum Gasteiger partial charge on any atom is 0.416 e. The molecule has 2 aromatic rings. The van der Waals surface area contributed by atoms with E-state index >= 15 is 0 Å². The number of hydrogen-bond acceptors (Lipinski definition) is 4. The van der Waals surface area contributed by atoms with Crippen LogP contribution in [-0.2, 0) is 23.5 Å². The Balaban J connectivity index is 1.57. The van der Waals surface area contributed by atoms with Crippen molar-refractivity contribution in [1.29, 1.82) is 0 Å². The molecule has 2 saturated heterocycles. The highest BCUT2D eigenvalue weighted by atomic mass is 19.4. The quantitative estimate of drug-likeness (QED) is 0.366. The number of benzene rings is 2. The van der Waals surface area contributed by atoms with Crippen LogP contribution >= 0.6 is 0 Å². The number of morpholine rings is 1. The smallest absolute Gasteiger partial charge is 0.379 e. The predicted molar refractivity (Wildman–Crippen MR) is 142 cm³/mol. The Morgan fingerprint density at radius 2 is 1.44 bits per heavy atom. The van der Waals surface area contributed by atoms with Gasteiger partial charge in [-0.3, -0.25) is 14.6 Å². The van der Waals surface area contributed by atoms with Gasteiger partial charge < -0.3 is 9.64 Å². The Hall–Kier alpha value is -3.07. The molecule has 0 bridgehead atoms. The Bertz CT molecular complexity index is 1260. The maximum absolute atomic E-state index is 13.6. The lowest BCUT2D eigenvalue weighted by molar-refractivity contribution is -0.143. The summed E-state index contributed by atoms with van der Waals surface area (Å²) in [6.07, 6.45) is -9.67. The van der Waals surface area contributed by atoms with Crippen LogP contribution in [0.25, 0.3) is 0 Å². The lowest BCUT2D eigenvalue weighted by Gasteiger charge is -2.41. The minimum atomic E-state index is -5.03. The lowest BCUT2D eigenvalue weighted by Crippen LogP contribution is -2.56. The van der Waals surface area contributed by atoms with Gasteiger partial charge in [0.2, 0.25) is 0 Å². The van der Waals surface area contributed by atoms with Gasteiger partial charge in [0, 0.05) is 44.3 Å². The monoisotopic (exact) mass is 581 g/mol. The summed E-state index contributed by atoms with van der Waals surface area (Å²) in [5.74, 6) is 5.48. The summed E-state index contributed by atoms with van der Waals surface area (Å²) >= 11 is 0. The molecular weight excluding hydrogens is 548 g/mol. The number of piperazine rings is 1. The van der Waals surface area contributed by atoms with E-state index in [2.05, 4.69) is 21.6 Å². The summed E-state index contributed by atoms with van der Waals surface area (Å²) in [5.41, 5.74) is -0.570. The number of carbonyl (C=O) groups is 1. The zero-order valence-electron chi connectivity index (χ0n) is 23.0. The minimum absolute atomic E-state index is 0.0386. The maximum atomic E-state index is 13.6. The van der Waals surface area contributed by atoms with Crippen molar-refractivity contribution in [1.82, 2.24) is 14.7 Å². The highest BCUT2D eigenvalue weighted by Gasteiger charge is 2.39. The first-order valence-electron chi connectivity index (χ1n) is 13.5. The molecule has 0 aliphatic carbocycles. The van der Waals surface area contributed by atoms with Crippen LogP contribution in [0.4, 0.5) is 26.3 Å². The van der Waals surface area contributed by atoms with E-state index in [9.17, 15) is 31.1 Å². The zero-order chi connectivity index (χ0) is 29.8. The normalized spacial score (nSPS) is 19.1. The Labute approximate surface area is 236 Å². The van der Waals surface area contributed by atoms with E-state index in [1.54, 1.807) is 0 Å². The molecule has 2 aliphatic heterocycles. The number of amides is 1. The van der Waals surface area contributed by atoms with Crippen molar-refractivity contribution in [2.75, 3.05) is 59.0 Å². The van der Waals surface area contributed by atoms with Crippen LogP contribution in [0.5, 0.6) is 0 Å². The van der Waals surface area contributed by atoms with Crippen molar-refractivity contribution in [3.8, 4) is 11.8 Å². The molecule has 2 aromatic carbocycles. The van der Waals surface area contributed by atoms with Crippen molar-refractivity contribution >= 4 is 5.91 Å². The van der Waals surface area contributed by atoms with Gasteiger partial charge in [-0.15, -0.1) is 0 Å². The van der Waals surface area contributed by atoms with Gasteiger partial charge in [-0.1, -0.05) is 30.0 Å². The molecule has 11 heteroatoms. The molecule has 0 saturated carbocycles. The van der Waals surface area contributed by atoms with Gasteiger partial charge in [-0.05, 0) is 55.2 Å². The van der Waals surface area contributed by atoms with Gasteiger partial charge in [-0.25, -0.2) is 0 Å². The summed E-state index contributed by atoms with van der Waals surface area (Å²) in [4.78, 5) is 19.2. The average molecular weight is 582 g/mol. The summed E-state index contributed by atoms with van der Waals surface area (Å²) in [7, 11) is 0. The van der Waals surface area contributed by atoms with Crippen molar-refractivity contribution < 1.29 is 35.9 Å². The van der Waals surface area contributed by atoms with Gasteiger partial charge in [0.05, 0.1) is 37.4 Å². The average Bonchev–Trinajstić information content (AvgIpc) is 2.92. The van der Waals surface area contributed by atoms with E-state index in [4.69, 9.17) is 4.74 Å². The van der Waals surface area contributed by atoms with Gasteiger partial charge in [0.1, 0.15) is 0 Å². The summed E-state index contributed by atoms with van der Waals surface area (Å²) in [6, 6.07) is 6.46. The van der Waals surface area contributed by atoms with E-state index in [0.29, 0.717) is 57.9 Å². The molecule has 2 aliphatic rings. The van der Waals surface area contributed by atoms with Gasteiger partial charge in [0.15, 0.2) is 0 Å². The summed E-state index contributed by atoms with van der Waals surface area (Å²) in [5, 5.41) is 0. The number of nitrogens with zero attached hydrogens (tertiary/aromatic N) is 3. The summed E-state index contributed by atoms with van der Waals surface area (Å²) < 4.78 is 86.2. The van der Waals surface area contributed by atoms with E-state index in [1.165, 1.54) is 4.90 Å². The van der Waals surface area contributed by atoms with Crippen molar-refractivity contribution in [2.45, 2.75) is 38.7 Å². The Kier molecular flexibility index (Phi) is 9.67. The van der Waals surface area contributed by atoms with Crippen molar-refractivity contribution in [3.63, 3.8) is 0 Å². The largest absolute Gasteiger partial charge is 0.416 e. The molecule has 222 valence electrons. The molecule has 0 aromatic heterocycles. The number of rotatable bonds is 5. The number of hydrogen-bond donors (Lipinski definition) is 0. The SMILES string of the molecule is Cc1ccc(C[C@@H]2CN(CC#CCN3CCOCC3)CCN2C(=O)c2cc(C(F)(F)F)cc(C(F)(F)F)c2)cc1C. The first-order chi connectivity index (χ1) is 19.3. The highest BCUT2D eigenvalue weighted by Crippen LogP contribution is 2.37. The molecule has 1 amide bonds. The molecule has 0 radical (unpaired) electrons. The number of aryl methyl sites for hydroxylation is 2. The van der Waals surface area contributed by atoms with E-state index in [-0.39, 0.29) is 12.6 Å². The van der Waals surface area contributed by atoms with E-state index in [0.717, 1.165) is 29.8 Å². The molecule has 41 heavy (non-hydrogen) atoms. The highest BCUT2D eigenvalue weighted by molar-refractivity contribution is 5.95. The second kappa shape index (κ2) is 12.8. The number of halogens is 6. The predicted octanol–water partition coefficient (Wildman–Crippen LogP) is 5.05. The van der Waals surface area contributed by atoms with Gasteiger partial charge in [0.25, 0.3) is 5.91 Å². The van der Waals surface area contributed by atoms with Crippen LogP contribution < -0.4 is 0 Å². The first-order valence-corrected chi connectivity index (χ1v) is 13.5. The first kappa shape index (κ1) is 30.9. The number of alkyl halides is 6. The molecule has 0 spiro atoms. The molecule has 2 heterocycles. The molecular formula is C30H33F6N3O2. The molecule has 5 nitrogen and oxygen atoms in total. The van der Waals surface area contributed by atoms with Crippen LogP contribution in [0.3, 0.4) is 0 Å². The second-order valence-electron chi connectivity index (χ2n) is 10.5. The fourth-order valence-corrected chi connectivity index (χ4v) is 5.05. The minimum Gasteiger partial charge on any atom is -0.379 e. The van der Waals surface area contributed by atoms with Crippen LogP contribution in [0, 0.1) is 25.7 Å². The van der Waals surface area contributed by atoms with Crippen LogP contribution in [0.15, 0.2) is 36.4 Å². The molecule has 0 unspecified atom stereocenters. The van der Waals surface area contributed by atoms with Crippen molar-refractivity contribution in [2.24, 2.45) is 0 Å². The van der Waals surface area contributed by atoms with Gasteiger partial charge >= 0.3 is 12.4 Å². The summed E-state index contributed by atoms with van der Waals surface area (Å²) in [6.45, 7) is 8.90. The fraction of sp³-hybridized carbons (Fsp3) is 0.500. The molecule has 4 rings (SSSR count). The van der Waals surface area contributed by atoms with Crippen LogP contribution in [0.1, 0.15) is 38.2 Å². The molecule has 2 fully saturated rings. The van der Waals surface area contributed by atoms with Crippen molar-refractivity contribution in [3.05, 3.63) is 69.8 Å². The standard InChI is InChI=1S/C30H33F6N3O2/c1-21-5-6-23(15-22(21)2)16-27-20-38(8-4-3-7-37-11-13-41-14-12-37)9-10-39(27)28(40)24-17-25(29(31,32)33)19-26(18-24)30(34,35)36/h5-6,15,17-19,27H,7-14,16,20H2,1-2H3/t27-/m1/s1. The van der Waals surface area contributed by atoms with Crippen LogP contribution in [0.2, 0.25) is 0 Å². The third kappa shape index (κ3) is 8.24. The van der Waals surface area contributed by atoms with Crippen LogP contribution in [-0.4, -0.2) is 85.7 Å². The number of carbonyl (C=O) groups excluding carboxylic acids is 1. The number of ether oxygens (including phenoxy) is 1. The third-order valence-corrected chi connectivity index (χ3v) is 7.54.